The molecule has 0 unspecified atom stereocenters. The molecule has 2 nitrogen and oxygen atoms in total. The number of benzene rings is 1. The van der Waals surface area contributed by atoms with Crippen LogP contribution in [0.2, 0.25) is 0 Å². The van der Waals surface area contributed by atoms with Gasteiger partial charge in [-0.2, -0.15) is 0 Å². The Morgan fingerprint density at radius 2 is 1.86 bits per heavy atom. The predicted molar refractivity (Wildman–Crippen MR) is 55.6 cm³/mol. The van der Waals surface area contributed by atoms with E-state index >= 15 is 0 Å². The predicted octanol–water partition coefficient (Wildman–Crippen LogP) is 2.07. The van der Waals surface area contributed by atoms with Gasteiger partial charge in [-0.1, -0.05) is 0 Å². The van der Waals surface area contributed by atoms with E-state index in [-0.39, 0.29) is 6.61 Å². The van der Waals surface area contributed by atoms with Crippen molar-refractivity contribution in [3.63, 3.8) is 0 Å². The molecule has 76 valence electrons. The summed E-state index contributed by atoms with van der Waals surface area (Å²) in [5.74, 6) is 0.827. The quantitative estimate of drug-likeness (QED) is 0.777. The van der Waals surface area contributed by atoms with E-state index in [1.807, 2.05) is 0 Å². The molecule has 2 rings (SSSR count). The number of fused-ring (bicyclic) bond motifs is 1. The molecule has 0 fully saturated rings. The second-order valence-corrected chi connectivity index (χ2v) is 3.80. The molecule has 1 aliphatic rings. The summed E-state index contributed by atoms with van der Waals surface area (Å²) in [4.78, 5) is 0. The topological polar surface area (TPSA) is 29.5 Å². The van der Waals surface area contributed by atoms with Gasteiger partial charge in [0.2, 0.25) is 0 Å². The Bertz CT molecular complexity index is 287. The van der Waals surface area contributed by atoms with Crippen molar-refractivity contribution in [2.45, 2.75) is 32.3 Å². The lowest BCUT2D eigenvalue weighted by molar-refractivity contribution is 0.273. The normalized spacial score (nSPS) is 15.0. The Labute approximate surface area is 84.5 Å². The van der Waals surface area contributed by atoms with Gasteiger partial charge in [-0.05, 0) is 48.9 Å². The molecule has 14 heavy (non-hydrogen) atoms. The lowest BCUT2D eigenvalue weighted by Gasteiger charge is -2.18. The molecule has 0 heterocycles. The van der Waals surface area contributed by atoms with Crippen LogP contribution < -0.4 is 4.74 Å². The number of methoxy groups -OCH3 is 1. The van der Waals surface area contributed by atoms with Gasteiger partial charge >= 0.3 is 0 Å². The SMILES string of the molecule is COc1cc2c(cc1CO)CCCC2. The van der Waals surface area contributed by atoms with Crippen LogP contribution in [-0.2, 0) is 19.4 Å². The summed E-state index contributed by atoms with van der Waals surface area (Å²) in [7, 11) is 1.66. The van der Waals surface area contributed by atoms with Crippen LogP contribution in [0.3, 0.4) is 0 Å². The number of rotatable bonds is 2. The van der Waals surface area contributed by atoms with Gasteiger partial charge in [0.25, 0.3) is 0 Å². The Morgan fingerprint density at radius 1 is 1.21 bits per heavy atom. The van der Waals surface area contributed by atoms with E-state index in [0.717, 1.165) is 24.2 Å². The van der Waals surface area contributed by atoms with E-state index in [4.69, 9.17) is 4.74 Å². The fourth-order valence-electron chi connectivity index (χ4n) is 2.13. The maximum atomic E-state index is 9.17. The van der Waals surface area contributed by atoms with Crippen LogP contribution in [0.1, 0.15) is 29.5 Å². The summed E-state index contributed by atoms with van der Waals surface area (Å²) in [6, 6.07) is 4.17. The number of aliphatic hydroxyl groups is 1. The third kappa shape index (κ3) is 1.62. The van der Waals surface area contributed by atoms with Crippen LogP contribution >= 0.6 is 0 Å². The smallest absolute Gasteiger partial charge is 0.124 e. The highest BCUT2D eigenvalue weighted by Crippen LogP contribution is 2.28. The third-order valence-corrected chi connectivity index (χ3v) is 2.92. The van der Waals surface area contributed by atoms with Crippen LogP contribution in [0.5, 0.6) is 5.75 Å². The van der Waals surface area contributed by atoms with Gasteiger partial charge in [0, 0.05) is 5.56 Å². The molecule has 0 bridgehead atoms. The highest BCUT2D eigenvalue weighted by Gasteiger charge is 2.13. The van der Waals surface area contributed by atoms with Crippen molar-refractivity contribution >= 4 is 0 Å². The molecule has 0 spiro atoms. The van der Waals surface area contributed by atoms with E-state index < -0.39 is 0 Å². The zero-order valence-corrected chi connectivity index (χ0v) is 8.55. The molecule has 0 radical (unpaired) electrons. The molecular weight excluding hydrogens is 176 g/mol. The summed E-state index contributed by atoms with van der Waals surface area (Å²) in [5.41, 5.74) is 3.69. The van der Waals surface area contributed by atoms with Crippen molar-refractivity contribution in [2.75, 3.05) is 7.11 Å². The fraction of sp³-hybridized carbons (Fsp3) is 0.500. The van der Waals surface area contributed by atoms with Gasteiger partial charge in [-0.25, -0.2) is 0 Å². The van der Waals surface area contributed by atoms with Crippen LogP contribution in [0.15, 0.2) is 12.1 Å². The van der Waals surface area contributed by atoms with Gasteiger partial charge in [0.15, 0.2) is 0 Å². The van der Waals surface area contributed by atoms with Crippen LogP contribution in [0, 0.1) is 0 Å². The minimum Gasteiger partial charge on any atom is -0.496 e. The highest BCUT2D eigenvalue weighted by atomic mass is 16.5. The minimum absolute atomic E-state index is 0.0659. The van der Waals surface area contributed by atoms with Crippen molar-refractivity contribution < 1.29 is 9.84 Å². The zero-order chi connectivity index (χ0) is 9.97. The first-order chi connectivity index (χ1) is 6.85. The van der Waals surface area contributed by atoms with Crippen molar-refractivity contribution in [3.8, 4) is 5.75 Å². The molecule has 0 aliphatic heterocycles. The lowest BCUT2D eigenvalue weighted by Crippen LogP contribution is -2.05. The summed E-state index contributed by atoms with van der Waals surface area (Å²) in [6.45, 7) is 0.0659. The molecule has 0 saturated carbocycles. The molecule has 1 aromatic carbocycles. The first kappa shape index (κ1) is 9.53. The maximum Gasteiger partial charge on any atom is 0.124 e. The zero-order valence-electron chi connectivity index (χ0n) is 8.55. The monoisotopic (exact) mass is 192 g/mol. The van der Waals surface area contributed by atoms with E-state index in [1.54, 1.807) is 7.11 Å². The largest absolute Gasteiger partial charge is 0.496 e. The number of hydrogen-bond acceptors (Lipinski definition) is 2. The average Bonchev–Trinajstić information content (AvgIpc) is 2.27. The number of aliphatic hydroxyl groups excluding tert-OH is 1. The minimum atomic E-state index is 0.0659. The van der Waals surface area contributed by atoms with E-state index in [2.05, 4.69) is 12.1 Å². The van der Waals surface area contributed by atoms with E-state index in [9.17, 15) is 5.11 Å². The summed E-state index contributed by atoms with van der Waals surface area (Å²) in [5, 5.41) is 9.17. The molecule has 0 atom stereocenters. The van der Waals surface area contributed by atoms with E-state index in [1.165, 1.54) is 24.0 Å². The Morgan fingerprint density at radius 3 is 2.43 bits per heavy atom. The Kier molecular flexibility index (Phi) is 2.73. The first-order valence-electron chi connectivity index (χ1n) is 5.14. The van der Waals surface area contributed by atoms with Crippen LogP contribution in [-0.4, -0.2) is 12.2 Å². The molecule has 1 N–H and O–H groups in total. The molecule has 1 aliphatic carbocycles. The third-order valence-electron chi connectivity index (χ3n) is 2.92. The molecular formula is C12H16O2. The second-order valence-electron chi connectivity index (χ2n) is 3.80. The lowest BCUT2D eigenvalue weighted by atomic mass is 9.90. The Hall–Kier alpha value is -1.02. The first-order valence-corrected chi connectivity index (χ1v) is 5.14. The molecule has 0 aromatic heterocycles. The van der Waals surface area contributed by atoms with E-state index in [0.29, 0.717) is 0 Å². The number of aryl methyl sites for hydroxylation is 2. The second kappa shape index (κ2) is 4.01. The van der Waals surface area contributed by atoms with Gasteiger partial charge in [0.05, 0.1) is 13.7 Å². The molecule has 0 amide bonds. The molecule has 2 heteroatoms. The van der Waals surface area contributed by atoms with Crippen molar-refractivity contribution in [1.82, 2.24) is 0 Å². The van der Waals surface area contributed by atoms with Crippen LogP contribution in [0.25, 0.3) is 0 Å². The standard InChI is InChI=1S/C12H16O2/c1-14-12-7-10-5-3-2-4-9(10)6-11(12)8-13/h6-7,13H,2-5,8H2,1H3. The summed E-state index contributed by atoms with van der Waals surface area (Å²) >= 11 is 0. The highest BCUT2D eigenvalue weighted by molar-refractivity contribution is 5.43. The maximum absolute atomic E-state index is 9.17. The van der Waals surface area contributed by atoms with Gasteiger partial charge in [0.1, 0.15) is 5.75 Å². The van der Waals surface area contributed by atoms with Crippen molar-refractivity contribution in [1.29, 1.82) is 0 Å². The fourth-order valence-corrected chi connectivity index (χ4v) is 2.13. The number of hydrogen-bond donors (Lipinski definition) is 1. The molecule has 0 saturated heterocycles. The van der Waals surface area contributed by atoms with Gasteiger partial charge in [-0.3, -0.25) is 0 Å². The van der Waals surface area contributed by atoms with Crippen LogP contribution in [0.4, 0.5) is 0 Å². The summed E-state index contributed by atoms with van der Waals surface area (Å²) < 4.78 is 5.24. The number of ether oxygens (including phenoxy) is 1. The van der Waals surface area contributed by atoms with Crippen molar-refractivity contribution in [2.24, 2.45) is 0 Å². The Balaban J connectivity index is 2.43. The van der Waals surface area contributed by atoms with Crippen molar-refractivity contribution in [3.05, 3.63) is 28.8 Å². The van der Waals surface area contributed by atoms with Gasteiger partial charge in [-0.15, -0.1) is 0 Å². The summed E-state index contributed by atoms with van der Waals surface area (Å²) in [6.07, 6.45) is 4.84. The van der Waals surface area contributed by atoms with Gasteiger partial charge < -0.3 is 9.84 Å². The molecule has 1 aromatic rings. The average molecular weight is 192 g/mol.